The van der Waals surface area contributed by atoms with E-state index < -0.39 is 5.91 Å². The van der Waals surface area contributed by atoms with Gasteiger partial charge in [0, 0.05) is 0 Å². The fourth-order valence-electron chi connectivity index (χ4n) is 0. The summed E-state index contributed by atoms with van der Waals surface area (Å²) in [5, 5.41) is 0. The van der Waals surface area contributed by atoms with Gasteiger partial charge in [-0.2, -0.15) is 0 Å². The Kier molecular flexibility index (Phi) is 52.7. The van der Waals surface area contributed by atoms with Gasteiger partial charge in [-0.05, 0) is 6.08 Å². The number of nitrogens with two attached hydrogens (primary N) is 1. The molecule has 0 saturated heterocycles. The molecule has 0 aromatic rings. The first-order valence-electron chi connectivity index (χ1n) is 1.19. The van der Waals surface area contributed by atoms with Crippen molar-refractivity contribution in [3.05, 3.63) is 12.7 Å². The minimum absolute atomic E-state index is 0. The number of hydrogen-bond donors (Lipinski definition) is 3. The van der Waals surface area contributed by atoms with Crippen LogP contribution in [0.25, 0.3) is 0 Å². The van der Waals surface area contributed by atoms with Gasteiger partial charge in [0.15, 0.2) is 0 Å². The van der Waals surface area contributed by atoms with Crippen molar-refractivity contribution in [3.63, 3.8) is 0 Å². The Morgan fingerprint density at radius 2 is 1.62 bits per heavy atom. The zero-order valence-corrected chi connectivity index (χ0v) is 5.41. The highest BCUT2D eigenvalue weighted by Gasteiger charge is 1.69. The van der Waals surface area contributed by atoms with E-state index in [1.54, 1.807) is 0 Å². The highest BCUT2D eigenvalue weighted by molar-refractivity contribution is 5.85. The van der Waals surface area contributed by atoms with Gasteiger partial charge in [0.2, 0.25) is 5.91 Å². The maximum absolute atomic E-state index is 9.47. The third-order valence-electron chi connectivity index (χ3n) is 0.201. The van der Waals surface area contributed by atoms with Crippen LogP contribution in [-0.4, -0.2) is 5.91 Å². The minimum atomic E-state index is -0.481. The van der Waals surface area contributed by atoms with Crippen molar-refractivity contribution in [3.8, 4) is 0 Å². The summed E-state index contributed by atoms with van der Waals surface area (Å²) >= 11 is 0. The Bertz CT molecular complexity index is 65.5. The summed E-state index contributed by atoms with van der Waals surface area (Å²) in [5.41, 5.74) is 4.53. The Morgan fingerprint density at radius 1 is 1.50 bits per heavy atom. The summed E-state index contributed by atoms with van der Waals surface area (Å²) in [5.74, 6) is -0.481. The van der Waals surface area contributed by atoms with Gasteiger partial charge in [-0.15, -0.1) is 12.4 Å². The molecule has 1 amide bonds. The Balaban J connectivity index is -0.0000000267. The number of amides is 1. The summed E-state index contributed by atoms with van der Waals surface area (Å²) in [4.78, 5) is 9.47. The molecule has 4 nitrogen and oxygen atoms in total. The first-order valence-corrected chi connectivity index (χ1v) is 1.19. The predicted molar refractivity (Wildman–Crippen MR) is 36.7 cm³/mol. The lowest BCUT2D eigenvalue weighted by Crippen LogP contribution is -2.04. The van der Waals surface area contributed by atoms with Crippen LogP contribution in [0.2, 0.25) is 0 Å². The van der Waals surface area contributed by atoms with Crippen LogP contribution < -0.4 is 18.0 Å². The third kappa shape index (κ3) is 52.5. The van der Waals surface area contributed by atoms with E-state index in [9.17, 15) is 4.79 Å². The first kappa shape index (κ1) is 26.1. The molecule has 0 aliphatic rings. The molecule has 0 bridgehead atoms. The van der Waals surface area contributed by atoms with Crippen molar-refractivity contribution in [1.82, 2.24) is 12.3 Å². The van der Waals surface area contributed by atoms with E-state index in [0.717, 1.165) is 6.08 Å². The average molecular weight is 142 g/mol. The fraction of sp³-hybridized carbons (Fsp3) is 0. The van der Waals surface area contributed by atoms with E-state index in [0.29, 0.717) is 0 Å². The van der Waals surface area contributed by atoms with Crippen LogP contribution in [0.5, 0.6) is 0 Å². The molecule has 0 aliphatic heterocycles. The maximum atomic E-state index is 9.47. The van der Waals surface area contributed by atoms with Crippen LogP contribution in [0.3, 0.4) is 0 Å². The molecular formula is C3H12ClN3O. The van der Waals surface area contributed by atoms with E-state index in [1.807, 2.05) is 0 Å². The van der Waals surface area contributed by atoms with Gasteiger partial charge in [0.1, 0.15) is 0 Å². The molecule has 0 aromatic carbocycles. The largest absolute Gasteiger partial charge is 0.366 e. The zero-order valence-electron chi connectivity index (χ0n) is 4.59. The normalized spacial score (nSPS) is 4.00. The fourth-order valence-corrected chi connectivity index (χ4v) is 0. The molecule has 52 valence electrons. The molecule has 8 heavy (non-hydrogen) atoms. The molecule has 0 fully saturated rings. The number of carbonyl (C=O) groups is 1. The first-order chi connectivity index (χ1) is 2.27. The molecule has 0 atom stereocenters. The SMILES string of the molecule is C=CC(N)=O.Cl.N.N. The molecular weight excluding hydrogens is 130 g/mol. The van der Waals surface area contributed by atoms with Crippen LogP contribution in [0.4, 0.5) is 0 Å². The number of carbonyl (C=O) groups excluding carboxylic acids is 1. The maximum Gasteiger partial charge on any atom is 0.240 e. The Labute approximate surface area is 54.7 Å². The summed E-state index contributed by atoms with van der Waals surface area (Å²) in [6.07, 6.45) is 1.06. The lowest BCUT2D eigenvalue weighted by molar-refractivity contribution is -0.113. The highest BCUT2D eigenvalue weighted by atomic mass is 35.5. The van der Waals surface area contributed by atoms with E-state index in [4.69, 9.17) is 0 Å². The Hall–Kier alpha value is -0.580. The number of primary amides is 1. The monoisotopic (exact) mass is 141 g/mol. The average Bonchev–Trinajstić information content (AvgIpc) is 1.38. The van der Waals surface area contributed by atoms with Crippen LogP contribution in [-0.2, 0) is 4.79 Å². The van der Waals surface area contributed by atoms with Gasteiger partial charge in [0.05, 0.1) is 0 Å². The van der Waals surface area contributed by atoms with Crippen molar-refractivity contribution < 1.29 is 4.79 Å². The highest BCUT2D eigenvalue weighted by Crippen LogP contribution is 1.48. The quantitative estimate of drug-likeness (QED) is 0.460. The second-order valence-corrected chi connectivity index (χ2v) is 0.606. The molecule has 5 heteroatoms. The molecule has 0 aliphatic carbocycles. The van der Waals surface area contributed by atoms with Crippen LogP contribution in [0.1, 0.15) is 0 Å². The summed E-state index contributed by atoms with van der Waals surface area (Å²) in [6.45, 7) is 3.09. The van der Waals surface area contributed by atoms with Crippen LogP contribution in [0, 0.1) is 0 Å². The molecule has 0 saturated carbocycles. The van der Waals surface area contributed by atoms with Crippen molar-refractivity contribution in [2.24, 2.45) is 5.73 Å². The van der Waals surface area contributed by atoms with E-state index >= 15 is 0 Å². The van der Waals surface area contributed by atoms with Gasteiger partial charge >= 0.3 is 0 Å². The molecule has 0 unspecified atom stereocenters. The van der Waals surface area contributed by atoms with E-state index in [-0.39, 0.29) is 24.7 Å². The van der Waals surface area contributed by atoms with Gasteiger partial charge in [0.25, 0.3) is 0 Å². The number of hydrogen-bond acceptors (Lipinski definition) is 3. The lowest BCUT2D eigenvalue weighted by Gasteiger charge is -1.65. The topological polar surface area (TPSA) is 113 Å². The standard InChI is InChI=1S/C3H5NO.ClH.2H3N/c1-2-3(4)5;;;/h2H,1H2,(H2,4,5);1H;2*1H3. The van der Waals surface area contributed by atoms with Gasteiger partial charge < -0.3 is 18.0 Å². The van der Waals surface area contributed by atoms with Crippen LogP contribution >= 0.6 is 12.4 Å². The minimum Gasteiger partial charge on any atom is -0.366 e. The zero-order chi connectivity index (χ0) is 4.28. The molecule has 0 spiro atoms. The van der Waals surface area contributed by atoms with E-state index in [1.165, 1.54) is 0 Å². The molecule has 0 aromatic heterocycles. The second kappa shape index (κ2) is 16.1. The summed E-state index contributed by atoms with van der Waals surface area (Å²) in [6, 6.07) is 0. The number of rotatable bonds is 1. The molecule has 0 radical (unpaired) electrons. The molecule has 0 heterocycles. The van der Waals surface area contributed by atoms with Gasteiger partial charge in [-0.25, -0.2) is 0 Å². The third-order valence-corrected chi connectivity index (χ3v) is 0.201. The predicted octanol–water partition coefficient (Wildman–Crippen LogP) is 0.403. The summed E-state index contributed by atoms with van der Waals surface area (Å²) in [7, 11) is 0. The second-order valence-electron chi connectivity index (χ2n) is 0.606. The summed E-state index contributed by atoms with van der Waals surface area (Å²) < 4.78 is 0. The molecule has 0 rings (SSSR count). The smallest absolute Gasteiger partial charge is 0.240 e. The van der Waals surface area contributed by atoms with Crippen molar-refractivity contribution >= 4 is 18.3 Å². The van der Waals surface area contributed by atoms with E-state index in [2.05, 4.69) is 12.3 Å². The number of halogens is 1. The lowest BCUT2D eigenvalue weighted by atomic mass is 10.6. The van der Waals surface area contributed by atoms with Gasteiger partial charge in [-0.3, -0.25) is 4.79 Å². The Morgan fingerprint density at radius 3 is 1.62 bits per heavy atom. The van der Waals surface area contributed by atoms with Crippen molar-refractivity contribution in [1.29, 1.82) is 0 Å². The van der Waals surface area contributed by atoms with Crippen molar-refractivity contribution in [2.45, 2.75) is 0 Å². The van der Waals surface area contributed by atoms with Crippen molar-refractivity contribution in [2.75, 3.05) is 0 Å². The molecule has 8 N–H and O–H groups in total. The van der Waals surface area contributed by atoms with Gasteiger partial charge in [-0.1, -0.05) is 6.58 Å². The van der Waals surface area contributed by atoms with Crippen LogP contribution in [0.15, 0.2) is 12.7 Å².